The van der Waals surface area contributed by atoms with Crippen LogP contribution in [0.1, 0.15) is 29.5 Å². The fraction of sp³-hybridized carbons (Fsp3) is 0.533. The highest BCUT2D eigenvalue weighted by Gasteiger charge is 2.16. The Kier molecular flexibility index (Phi) is 4.38. The van der Waals surface area contributed by atoms with Gasteiger partial charge in [0.25, 0.3) is 0 Å². The zero-order valence-electron chi connectivity index (χ0n) is 11.8. The van der Waals surface area contributed by atoms with Gasteiger partial charge in [0.1, 0.15) is 0 Å². The van der Waals surface area contributed by atoms with Crippen LogP contribution in [-0.2, 0) is 24.2 Å². The van der Waals surface area contributed by atoms with Gasteiger partial charge in [-0.1, -0.05) is 6.92 Å². The molecule has 20 heavy (non-hydrogen) atoms. The fourth-order valence-corrected chi connectivity index (χ4v) is 3.35. The highest BCUT2D eigenvalue weighted by molar-refractivity contribution is 7.12. The van der Waals surface area contributed by atoms with Gasteiger partial charge in [-0.05, 0) is 31.4 Å². The van der Waals surface area contributed by atoms with Crippen LogP contribution in [0.25, 0.3) is 0 Å². The largest absolute Gasteiger partial charge is 0.378 e. The third kappa shape index (κ3) is 3.41. The fourth-order valence-electron chi connectivity index (χ4n) is 2.45. The van der Waals surface area contributed by atoms with Crippen LogP contribution in [-0.4, -0.2) is 22.5 Å². The van der Waals surface area contributed by atoms with E-state index in [1.54, 1.807) is 0 Å². The van der Waals surface area contributed by atoms with Crippen LogP contribution in [0.5, 0.6) is 0 Å². The maximum atomic E-state index is 5.63. The first-order chi connectivity index (χ1) is 9.83. The molecule has 4 nitrogen and oxygen atoms in total. The van der Waals surface area contributed by atoms with Crippen LogP contribution >= 0.6 is 11.3 Å². The number of aryl methyl sites for hydroxylation is 1. The van der Waals surface area contributed by atoms with E-state index in [4.69, 9.17) is 4.74 Å². The van der Waals surface area contributed by atoms with Gasteiger partial charge in [-0.2, -0.15) is 5.10 Å². The molecule has 1 fully saturated rings. The first kappa shape index (κ1) is 13.6. The van der Waals surface area contributed by atoms with Crippen LogP contribution < -0.4 is 5.32 Å². The number of nitrogens with one attached hydrogen (secondary N) is 1. The Morgan fingerprint density at radius 2 is 2.35 bits per heavy atom. The maximum absolute atomic E-state index is 5.63. The minimum Gasteiger partial charge on any atom is -0.378 e. The molecule has 108 valence electrons. The molecule has 0 spiro atoms. The van der Waals surface area contributed by atoms with E-state index in [0.29, 0.717) is 6.10 Å². The molecule has 0 amide bonds. The molecule has 0 saturated carbocycles. The van der Waals surface area contributed by atoms with E-state index in [0.717, 1.165) is 38.2 Å². The Hall–Kier alpha value is -1.33. The molecule has 3 rings (SSSR count). The quantitative estimate of drug-likeness (QED) is 0.887. The zero-order valence-corrected chi connectivity index (χ0v) is 12.7. The van der Waals surface area contributed by atoms with Gasteiger partial charge < -0.3 is 10.1 Å². The number of hydrogen-bond donors (Lipinski definition) is 1. The summed E-state index contributed by atoms with van der Waals surface area (Å²) in [6.45, 7) is 4.82. The summed E-state index contributed by atoms with van der Waals surface area (Å²) < 4.78 is 7.61. The lowest BCUT2D eigenvalue weighted by atomic mass is 10.2. The van der Waals surface area contributed by atoms with Crippen LogP contribution in [0.4, 0.5) is 5.69 Å². The van der Waals surface area contributed by atoms with Crippen LogP contribution in [0.3, 0.4) is 0 Å². The van der Waals surface area contributed by atoms with Crippen LogP contribution in [0.2, 0.25) is 0 Å². The van der Waals surface area contributed by atoms with Crippen LogP contribution in [0.15, 0.2) is 24.5 Å². The second-order valence-electron chi connectivity index (χ2n) is 5.16. The minimum atomic E-state index is 0.340. The summed E-state index contributed by atoms with van der Waals surface area (Å²) in [7, 11) is 0. The first-order valence-corrected chi connectivity index (χ1v) is 8.10. The Bertz CT molecular complexity index is 543. The number of ether oxygens (including phenoxy) is 1. The van der Waals surface area contributed by atoms with Crippen molar-refractivity contribution in [3.8, 4) is 0 Å². The van der Waals surface area contributed by atoms with E-state index in [1.807, 2.05) is 22.2 Å². The van der Waals surface area contributed by atoms with Crippen molar-refractivity contribution >= 4 is 17.0 Å². The van der Waals surface area contributed by atoms with E-state index in [9.17, 15) is 0 Å². The van der Waals surface area contributed by atoms with Gasteiger partial charge in [0.2, 0.25) is 0 Å². The smallest absolute Gasteiger partial charge is 0.0771 e. The average Bonchev–Trinajstić information content (AvgIpc) is 3.18. The SMILES string of the molecule is CCc1ccc(CNc2cnn(CC3CCCO3)c2)s1. The second kappa shape index (κ2) is 6.41. The van der Waals surface area contributed by atoms with E-state index >= 15 is 0 Å². The summed E-state index contributed by atoms with van der Waals surface area (Å²) in [5, 5.41) is 7.82. The number of anilines is 1. The molecule has 2 aromatic heterocycles. The normalized spacial score (nSPS) is 18.6. The Balaban J connectivity index is 1.51. The standard InChI is InChI=1S/C15H21N3OS/c1-2-14-5-6-15(20-14)9-16-12-8-17-18(10-12)11-13-4-3-7-19-13/h5-6,8,10,13,16H,2-4,7,9,11H2,1H3. The maximum Gasteiger partial charge on any atom is 0.0771 e. The summed E-state index contributed by atoms with van der Waals surface area (Å²) in [5.41, 5.74) is 1.08. The summed E-state index contributed by atoms with van der Waals surface area (Å²) in [6, 6.07) is 4.41. The van der Waals surface area contributed by atoms with Gasteiger partial charge in [0.05, 0.1) is 24.5 Å². The summed E-state index contributed by atoms with van der Waals surface area (Å²) in [6.07, 6.45) is 7.74. The zero-order chi connectivity index (χ0) is 13.8. The highest BCUT2D eigenvalue weighted by atomic mass is 32.1. The molecule has 1 N–H and O–H groups in total. The van der Waals surface area contributed by atoms with E-state index in [-0.39, 0.29) is 0 Å². The van der Waals surface area contributed by atoms with Crippen molar-refractivity contribution in [2.24, 2.45) is 0 Å². The molecule has 3 heterocycles. The van der Waals surface area contributed by atoms with Gasteiger partial charge in [0.15, 0.2) is 0 Å². The number of hydrogen-bond acceptors (Lipinski definition) is 4. The van der Waals surface area contributed by atoms with Crippen LogP contribution in [0, 0.1) is 0 Å². The molecule has 1 saturated heterocycles. The van der Waals surface area contributed by atoms with Gasteiger partial charge in [0, 0.05) is 29.1 Å². The molecule has 1 unspecified atom stereocenters. The number of aromatic nitrogens is 2. The molecule has 0 bridgehead atoms. The third-order valence-electron chi connectivity index (χ3n) is 3.58. The number of thiophene rings is 1. The summed E-state index contributed by atoms with van der Waals surface area (Å²) >= 11 is 1.88. The van der Waals surface area contributed by atoms with Gasteiger partial charge in [-0.25, -0.2) is 0 Å². The molecule has 5 heteroatoms. The van der Waals surface area contributed by atoms with Crippen molar-refractivity contribution in [2.45, 2.75) is 45.4 Å². The van der Waals surface area contributed by atoms with Crippen molar-refractivity contribution < 1.29 is 4.74 Å². The predicted molar refractivity (Wildman–Crippen MR) is 82.2 cm³/mol. The van der Waals surface area contributed by atoms with E-state index in [1.165, 1.54) is 16.2 Å². The molecule has 1 aliphatic rings. The topological polar surface area (TPSA) is 39.1 Å². The molecule has 0 aromatic carbocycles. The highest BCUT2D eigenvalue weighted by Crippen LogP contribution is 2.19. The van der Waals surface area contributed by atoms with Crippen molar-refractivity contribution in [3.05, 3.63) is 34.3 Å². The molecule has 0 aliphatic carbocycles. The summed E-state index contributed by atoms with van der Waals surface area (Å²) in [4.78, 5) is 2.81. The Morgan fingerprint density at radius 1 is 1.45 bits per heavy atom. The van der Waals surface area contributed by atoms with Crippen molar-refractivity contribution in [3.63, 3.8) is 0 Å². The van der Waals surface area contributed by atoms with Gasteiger partial charge in [-0.3, -0.25) is 4.68 Å². The predicted octanol–water partition coefficient (Wildman–Crippen LogP) is 3.30. The molecule has 1 atom stereocenters. The Morgan fingerprint density at radius 3 is 3.10 bits per heavy atom. The molecule has 0 radical (unpaired) electrons. The molecule has 1 aliphatic heterocycles. The van der Waals surface area contributed by atoms with E-state index < -0.39 is 0 Å². The van der Waals surface area contributed by atoms with Gasteiger partial charge >= 0.3 is 0 Å². The lowest BCUT2D eigenvalue weighted by molar-refractivity contribution is 0.0940. The van der Waals surface area contributed by atoms with E-state index in [2.05, 4.69) is 35.7 Å². The first-order valence-electron chi connectivity index (χ1n) is 7.29. The number of rotatable bonds is 6. The third-order valence-corrected chi connectivity index (χ3v) is 4.81. The second-order valence-corrected chi connectivity index (χ2v) is 6.41. The number of nitrogens with zero attached hydrogens (tertiary/aromatic N) is 2. The monoisotopic (exact) mass is 291 g/mol. The van der Waals surface area contributed by atoms with Crippen molar-refractivity contribution in [1.82, 2.24) is 9.78 Å². The average molecular weight is 291 g/mol. The van der Waals surface area contributed by atoms with Crippen molar-refractivity contribution in [2.75, 3.05) is 11.9 Å². The minimum absolute atomic E-state index is 0.340. The molecular formula is C15H21N3OS. The molecule has 2 aromatic rings. The Labute approximate surface area is 123 Å². The molecular weight excluding hydrogens is 270 g/mol. The van der Waals surface area contributed by atoms with Crippen molar-refractivity contribution in [1.29, 1.82) is 0 Å². The lowest BCUT2D eigenvalue weighted by Gasteiger charge is -2.08. The summed E-state index contributed by atoms with van der Waals surface area (Å²) in [5.74, 6) is 0. The van der Waals surface area contributed by atoms with Gasteiger partial charge in [-0.15, -0.1) is 11.3 Å². The lowest BCUT2D eigenvalue weighted by Crippen LogP contribution is -2.15.